The molecule has 0 fully saturated rings. The van der Waals surface area contributed by atoms with E-state index in [9.17, 15) is 14.4 Å². The van der Waals surface area contributed by atoms with Gasteiger partial charge in [-0.3, -0.25) is 10.1 Å². The first-order chi connectivity index (χ1) is 9.43. The molecule has 108 valence electrons. The van der Waals surface area contributed by atoms with Crippen LogP contribution >= 0.6 is 11.6 Å². The summed E-state index contributed by atoms with van der Waals surface area (Å²) in [5.41, 5.74) is -0.140. The monoisotopic (exact) mass is 301 g/mol. The fourth-order valence-electron chi connectivity index (χ4n) is 1.25. The van der Waals surface area contributed by atoms with E-state index in [0.29, 0.717) is 0 Å². The molecule has 0 aromatic heterocycles. The lowest BCUT2D eigenvalue weighted by atomic mass is 10.2. The lowest BCUT2D eigenvalue weighted by molar-refractivity contribution is -0.122. The van der Waals surface area contributed by atoms with Gasteiger partial charge in [0.15, 0.2) is 6.61 Å². The standard InChI is InChI=1S/C12H12ClNO6/c1-2-19-12(18)14-10(15)6-20-9-5-7(13)3-4-8(9)11(16)17/h3-5H,2,6H2,1H3,(H,16,17)(H,14,15,18). The molecule has 0 aliphatic rings. The molecule has 20 heavy (non-hydrogen) atoms. The SMILES string of the molecule is CCOC(=O)NC(=O)COc1cc(Cl)ccc1C(=O)O. The molecule has 1 rings (SSSR count). The number of alkyl carbamates (subject to hydrolysis) is 1. The van der Waals surface area contributed by atoms with Crippen LogP contribution in [0.1, 0.15) is 17.3 Å². The number of carbonyl (C=O) groups is 3. The highest BCUT2D eigenvalue weighted by molar-refractivity contribution is 6.30. The van der Waals surface area contributed by atoms with Crippen LogP contribution in [0.15, 0.2) is 18.2 Å². The molecule has 0 bridgehead atoms. The molecule has 0 radical (unpaired) electrons. The van der Waals surface area contributed by atoms with Crippen molar-refractivity contribution in [3.05, 3.63) is 28.8 Å². The van der Waals surface area contributed by atoms with Crippen LogP contribution in [0.25, 0.3) is 0 Å². The first-order valence-corrected chi connectivity index (χ1v) is 5.94. The summed E-state index contributed by atoms with van der Waals surface area (Å²) in [6.45, 7) is 1.17. The Bertz CT molecular complexity index is 531. The largest absolute Gasteiger partial charge is 0.483 e. The number of halogens is 1. The molecule has 0 heterocycles. The van der Waals surface area contributed by atoms with Gasteiger partial charge in [-0.15, -0.1) is 0 Å². The molecule has 0 atom stereocenters. The van der Waals surface area contributed by atoms with Gasteiger partial charge in [0, 0.05) is 5.02 Å². The third-order valence-electron chi connectivity index (χ3n) is 2.05. The number of imide groups is 1. The topological polar surface area (TPSA) is 102 Å². The summed E-state index contributed by atoms with van der Waals surface area (Å²) in [6, 6.07) is 3.91. The minimum Gasteiger partial charge on any atom is -0.483 e. The van der Waals surface area contributed by atoms with Crippen LogP contribution in [-0.2, 0) is 9.53 Å². The second-order valence-corrected chi connectivity index (χ2v) is 3.94. The maximum absolute atomic E-state index is 11.4. The minimum atomic E-state index is -1.22. The highest BCUT2D eigenvalue weighted by Gasteiger charge is 2.14. The van der Waals surface area contributed by atoms with E-state index < -0.39 is 24.6 Å². The third kappa shape index (κ3) is 4.77. The van der Waals surface area contributed by atoms with Crippen LogP contribution in [0.3, 0.4) is 0 Å². The van der Waals surface area contributed by atoms with Crippen molar-refractivity contribution < 1.29 is 29.0 Å². The fraction of sp³-hybridized carbons (Fsp3) is 0.250. The smallest absolute Gasteiger partial charge is 0.413 e. The summed E-state index contributed by atoms with van der Waals surface area (Å²) in [7, 11) is 0. The molecule has 1 aromatic rings. The highest BCUT2D eigenvalue weighted by Crippen LogP contribution is 2.23. The molecule has 0 unspecified atom stereocenters. The first-order valence-electron chi connectivity index (χ1n) is 5.56. The van der Waals surface area contributed by atoms with Gasteiger partial charge in [-0.05, 0) is 25.1 Å². The predicted molar refractivity (Wildman–Crippen MR) is 69.1 cm³/mol. The molecule has 0 saturated heterocycles. The average molecular weight is 302 g/mol. The Hall–Kier alpha value is -2.28. The van der Waals surface area contributed by atoms with Gasteiger partial charge in [-0.1, -0.05) is 11.6 Å². The second-order valence-electron chi connectivity index (χ2n) is 3.50. The van der Waals surface area contributed by atoms with E-state index in [1.165, 1.54) is 18.2 Å². The lowest BCUT2D eigenvalue weighted by Crippen LogP contribution is -2.34. The molecular formula is C12H12ClNO6. The van der Waals surface area contributed by atoms with Gasteiger partial charge in [-0.25, -0.2) is 9.59 Å². The van der Waals surface area contributed by atoms with Crippen LogP contribution in [0.5, 0.6) is 5.75 Å². The van der Waals surface area contributed by atoms with Crippen LogP contribution in [0, 0.1) is 0 Å². The number of carbonyl (C=O) groups excluding carboxylic acids is 2. The van der Waals surface area contributed by atoms with Gasteiger partial charge in [0.1, 0.15) is 11.3 Å². The van der Waals surface area contributed by atoms with E-state index in [4.69, 9.17) is 21.4 Å². The van der Waals surface area contributed by atoms with Crippen molar-refractivity contribution in [2.75, 3.05) is 13.2 Å². The average Bonchev–Trinajstić information content (AvgIpc) is 2.36. The van der Waals surface area contributed by atoms with Crippen molar-refractivity contribution in [2.45, 2.75) is 6.92 Å². The van der Waals surface area contributed by atoms with Crippen molar-refractivity contribution in [1.29, 1.82) is 0 Å². The Morgan fingerprint density at radius 2 is 2.05 bits per heavy atom. The Morgan fingerprint density at radius 3 is 2.65 bits per heavy atom. The number of aromatic carboxylic acids is 1. The number of ether oxygens (including phenoxy) is 2. The van der Waals surface area contributed by atoms with Gasteiger partial charge < -0.3 is 14.6 Å². The lowest BCUT2D eigenvalue weighted by Gasteiger charge is -2.09. The van der Waals surface area contributed by atoms with Crippen LogP contribution in [0.2, 0.25) is 5.02 Å². The fourth-order valence-corrected chi connectivity index (χ4v) is 1.41. The van der Waals surface area contributed by atoms with Crippen molar-refractivity contribution >= 4 is 29.6 Å². The third-order valence-corrected chi connectivity index (χ3v) is 2.28. The number of rotatable bonds is 5. The number of hydrogen-bond donors (Lipinski definition) is 2. The van der Waals surface area contributed by atoms with Crippen LogP contribution in [-0.4, -0.2) is 36.3 Å². The number of carboxylic acids is 1. The van der Waals surface area contributed by atoms with E-state index in [0.717, 1.165) is 0 Å². The summed E-state index contributed by atoms with van der Waals surface area (Å²) in [5, 5.41) is 11.1. The summed E-state index contributed by atoms with van der Waals surface area (Å²) < 4.78 is 9.54. The quantitative estimate of drug-likeness (QED) is 0.858. The second kappa shape index (κ2) is 7.34. The summed E-state index contributed by atoms with van der Waals surface area (Å²) in [4.78, 5) is 33.3. The number of nitrogens with one attached hydrogen (secondary N) is 1. The maximum atomic E-state index is 11.4. The molecule has 0 spiro atoms. The molecule has 0 aliphatic carbocycles. The van der Waals surface area contributed by atoms with Gasteiger partial charge >= 0.3 is 12.1 Å². The minimum absolute atomic E-state index is 0.0657. The number of carboxylic acid groups (broad SMARTS) is 1. The van der Waals surface area contributed by atoms with E-state index in [2.05, 4.69) is 4.74 Å². The van der Waals surface area contributed by atoms with Crippen LogP contribution in [0.4, 0.5) is 4.79 Å². The molecular weight excluding hydrogens is 290 g/mol. The summed E-state index contributed by atoms with van der Waals surface area (Å²) in [5.74, 6) is -2.05. The normalized spacial score (nSPS) is 9.70. The highest BCUT2D eigenvalue weighted by atomic mass is 35.5. The molecule has 2 amide bonds. The Kier molecular flexibility index (Phi) is 5.79. The van der Waals surface area contributed by atoms with E-state index >= 15 is 0 Å². The van der Waals surface area contributed by atoms with Gasteiger partial charge in [0.05, 0.1) is 6.61 Å². The van der Waals surface area contributed by atoms with Crippen molar-refractivity contribution in [2.24, 2.45) is 0 Å². The maximum Gasteiger partial charge on any atom is 0.413 e. The first kappa shape index (κ1) is 15.8. The van der Waals surface area contributed by atoms with E-state index in [1.54, 1.807) is 6.92 Å². The Morgan fingerprint density at radius 1 is 1.35 bits per heavy atom. The number of benzene rings is 1. The van der Waals surface area contributed by atoms with Crippen molar-refractivity contribution in [1.82, 2.24) is 5.32 Å². The molecule has 1 aromatic carbocycles. The van der Waals surface area contributed by atoms with Gasteiger partial charge in [-0.2, -0.15) is 0 Å². The molecule has 2 N–H and O–H groups in total. The molecule has 0 aliphatic heterocycles. The Labute approximate surface area is 119 Å². The Balaban J connectivity index is 2.65. The zero-order valence-electron chi connectivity index (χ0n) is 10.5. The van der Waals surface area contributed by atoms with Crippen molar-refractivity contribution in [3.63, 3.8) is 0 Å². The van der Waals surface area contributed by atoms with Gasteiger partial charge in [0.2, 0.25) is 0 Å². The van der Waals surface area contributed by atoms with Crippen molar-refractivity contribution in [3.8, 4) is 5.75 Å². The molecule has 7 nitrogen and oxygen atoms in total. The predicted octanol–water partition coefficient (Wildman–Crippen LogP) is 1.69. The summed E-state index contributed by atoms with van der Waals surface area (Å²) >= 11 is 5.71. The molecule has 8 heteroatoms. The summed E-state index contributed by atoms with van der Waals surface area (Å²) in [6.07, 6.45) is -0.898. The van der Waals surface area contributed by atoms with Crippen LogP contribution < -0.4 is 10.1 Å². The zero-order valence-corrected chi connectivity index (χ0v) is 11.3. The van der Waals surface area contributed by atoms with E-state index in [1.807, 2.05) is 5.32 Å². The molecule has 0 saturated carbocycles. The van der Waals surface area contributed by atoms with Gasteiger partial charge in [0.25, 0.3) is 5.91 Å². The zero-order chi connectivity index (χ0) is 15.1. The number of hydrogen-bond acceptors (Lipinski definition) is 5. The van der Waals surface area contributed by atoms with E-state index in [-0.39, 0.29) is 22.9 Å². The number of amides is 2.